The van der Waals surface area contributed by atoms with E-state index in [1.54, 1.807) is 12.1 Å². The van der Waals surface area contributed by atoms with Crippen molar-refractivity contribution in [2.24, 2.45) is 0 Å². The van der Waals surface area contributed by atoms with Crippen LogP contribution in [0.3, 0.4) is 0 Å². The van der Waals surface area contributed by atoms with Gasteiger partial charge in [0, 0.05) is 49.3 Å². The maximum Gasteiger partial charge on any atom is 0.335 e. The summed E-state index contributed by atoms with van der Waals surface area (Å²) in [5.41, 5.74) is 6.26. The Kier molecular flexibility index (Phi) is 5.74. The number of aromatic carboxylic acids is 1. The fourth-order valence-electron chi connectivity index (χ4n) is 5.76. The molecule has 1 spiro atoms. The monoisotopic (exact) mass is 442 g/mol. The molecule has 2 atom stereocenters. The Morgan fingerprint density at radius 3 is 2.82 bits per heavy atom. The van der Waals surface area contributed by atoms with Crippen molar-refractivity contribution in [1.82, 2.24) is 9.88 Å². The zero-order valence-corrected chi connectivity index (χ0v) is 19.1. The Labute approximate surface area is 194 Å². The van der Waals surface area contributed by atoms with Gasteiger partial charge in [-0.05, 0) is 73.1 Å². The van der Waals surface area contributed by atoms with Gasteiger partial charge in [0.2, 0.25) is 0 Å². The average molecular weight is 443 g/mol. The van der Waals surface area contributed by atoms with E-state index in [-0.39, 0.29) is 11.6 Å². The molecular weight excluding hydrogens is 412 g/mol. The zero-order valence-electron chi connectivity index (χ0n) is 19.1. The normalized spacial score (nSPS) is 23.2. The highest BCUT2D eigenvalue weighted by Crippen LogP contribution is 2.45. The Morgan fingerprint density at radius 1 is 1.30 bits per heavy atom. The summed E-state index contributed by atoms with van der Waals surface area (Å²) in [7, 11) is 0. The van der Waals surface area contributed by atoms with E-state index in [1.165, 1.54) is 27.6 Å². The molecule has 3 aromatic rings. The van der Waals surface area contributed by atoms with Crippen LogP contribution in [0.5, 0.6) is 0 Å². The molecule has 2 aliphatic rings. The number of terminal acetylenes is 1. The van der Waals surface area contributed by atoms with Gasteiger partial charge in [-0.1, -0.05) is 18.2 Å². The third-order valence-corrected chi connectivity index (χ3v) is 7.49. The SMILES string of the molecule is C#CCc1cc(C)c2[nH]ccc2c1CN1CCC2(CCCO2)CC1c1ccc(C(=O)O)cc1. The predicted octanol–water partition coefficient (Wildman–Crippen LogP) is 5.24. The lowest BCUT2D eigenvalue weighted by Crippen LogP contribution is -2.45. The van der Waals surface area contributed by atoms with Gasteiger partial charge < -0.3 is 14.8 Å². The molecule has 5 rings (SSSR count). The maximum atomic E-state index is 11.4. The van der Waals surface area contributed by atoms with E-state index in [9.17, 15) is 9.90 Å². The summed E-state index contributed by atoms with van der Waals surface area (Å²) in [4.78, 5) is 17.3. The van der Waals surface area contributed by atoms with E-state index in [0.717, 1.165) is 50.9 Å². The van der Waals surface area contributed by atoms with Crippen molar-refractivity contribution in [3.05, 3.63) is 70.4 Å². The van der Waals surface area contributed by atoms with Gasteiger partial charge in [0.1, 0.15) is 0 Å². The second-order valence-corrected chi connectivity index (χ2v) is 9.48. The number of piperidine rings is 1. The molecule has 170 valence electrons. The fourth-order valence-corrected chi connectivity index (χ4v) is 5.76. The minimum Gasteiger partial charge on any atom is -0.478 e. The van der Waals surface area contributed by atoms with Gasteiger partial charge in [-0.25, -0.2) is 4.79 Å². The molecular formula is C28H30N2O3. The van der Waals surface area contributed by atoms with Crippen molar-refractivity contribution < 1.29 is 14.6 Å². The molecule has 0 saturated carbocycles. The minimum absolute atomic E-state index is 0.0645. The Balaban J connectivity index is 1.53. The standard InChI is InChI=1S/C28H30N2O3/c1-3-5-22-16-19(2)26-23(10-13-29-26)24(22)18-30-14-12-28(11-4-15-33-28)17-25(30)20-6-8-21(9-7-20)27(31)32/h1,6-10,13,16,25,29H,4-5,11-12,14-15,17-18H2,2H3,(H,31,32). The van der Waals surface area contributed by atoms with Crippen LogP contribution in [0.4, 0.5) is 0 Å². The lowest BCUT2D eigenvalue weighted by atomic mass is 9.81. The lowest BCUT2D eigenvalue weighted by Gasteiger charge is -2.45. The van der Waals surface area contributed by atoms with E-state index in [2.05, 4.69) is 34.9 Å². The molecule has 2 N–H and O–H groups in total. The number of hydrogen-bond donors (Lipinski definition) is 2. The first-order valence-electron chi connectivity index (χ1n) is 11.7. The van der Waals surface area contributed by atoms with Crippen LogP contribution in [0.25, 0.3) is 10.9 Å². The van der Waals surface area contributed by atoms with Gasteiger partial charge in [-0.2, -0.15) is 0 Å². The molecule has 3 heterocycles. The molecule has 33 heavy (non-hydrogen) atoms. The number of rotatable bonds is 5. The molecule has 0 bridgehead atoms. The molecule has 1 aromatic heterocycles. The summed E-state index contributed by atoms with van der Waals surface area (Å²) in [6, 6.07) is 11.9. The van der Waals surface area contributed by atoms with Crippen LogP contribution in [0, 0.1) is 19.3 Å². The van der Waals surface area contributed by atoms with Crippen molar-refractivity contribution in [3.63, 3.8) is 0 Å². The number of aryl methyl sites for hydroxylation is 1. The molecule has 2 saturated heterocycles. The summed E-state index contributed by atoms with van der Waals surface area (Å²) in [6.45, 7) is 4.68. The molecule has 2 unspecified atom stereocenters. The van der Waals surface area contributed by atoms with Crippen LogP contribution < -0.4 is 0 Å². The number of carboxylic acid groups (broad SMARTS) is 1. The number of nitrogens with one attached hydrogen (secondary N) is 1. The first kappa shape index (κ1) is 21.8. The van der Waals surface area contributed by atoms with E-state index < -0.39 is 5.97 Å². The number of nitrogens with zero attached hydrogens (tertiary/aromatic N) is 1. The number of aromatic amines is 1. The average Bonchev–Trinajstić information content (AvgIpc) is 3.48. The minimum atomic E-state index is -0.897. The second kappa shape index (κ2) is 8.70. The van der Waals surface area contributed by atoms with Gasteiger partial charge in [0.25, 0.3) is 0 Å². The summed E-state index contributed by atoms with van der Waals surface area (Å²) < 4.78 is 6.28. The highest BCUT2D eigenvalue weighted by molar-refractivity contribution is 5.88. The first-order valence-corrected chi connectivity index (χ1v) is 11.7. The van der Waals surface area contributed by atoms with Crippen LogP contribution in [0.2, 0.25) is 0 Å². The maximum absolute atomic E-state index is 11.4. The van der Waals surface area contributed by atoms with Gasteiger partial charge in [-0.15, -0.1) is 12.3 Å². The van der Waals surface area contributed by atoms with Crippen LogP contribution in [0.15, 0.2) is 42.6 Å². The Bertz CT molecular complexity index is 1210. The molecule has 0 amide bonds. The Hall–Kier alpha value is -3.07. The van der Waals surface area contributed by atoms with Crippen LogP contribution >= 0.6 is 0 Å². The molecule has 2 fully saturated rings. The van der Waals surface area contributed by atoms with E-state index in [4.69, 9.17) is 11.2 Å². The summed E-state index contributed by atoms with van der Waals surface area (Å²) in [5, 5.41) is 10.6. The van der Waals surface area contributed by atoms with Crippen LogP contribution in [0.1, 0.15) is 64.3 Å². The van der Waals surface area contributed by atoms with Crippen molar-refractivity contribution in [3.8, 4) is 12.3 Å². The summed E-state index contributed by atoms with van der Waals surface area (Å²) in [6.07, 6.45) is 12.5. The van der Waals surface area contributed by atoms with Crippen molar-refractivity contribution in [2.45, 2.75) is 57.2 Å². The predicted molar refractivity (Wildman–Crippen MR) is 129 cm³/mol. The van der Waals surface area contributed by atoms with Crippen molar-refractivity contribution in [1.29, 1.82) is 0 Å². The number of likely N-dealkylation sites (tertiary alicyclic amines) is 1. The zero-order chi connectivity index (χ0) is 23.0. The number of carboxylic acids is 1. The number of aromatic nitrogens is 1. The number of ether oxygens (including phenoxy) is 1. The quantitative estimate of drug-likeness (QED) is 0.531. The lowest BCUT2D eigenvalue weighted by molar-refractivity contribution is -0.0675. The summed E-state index contributed by atoms with van der Waals surface area (Å²) in [5.74, 6) is 1.94. The fraction of sp³-hybridized carbons (Fsp3) is 0.393. The highest BCUT2D eigenvalue weighted by atomic mass is 16.5. The molecule has 2 aromatic carbocycles. The summed E-state index contributed by atoms with van der Waals surface area (Å²) >= 11 is 0. The van der Waals surface area contributed by atoms with Gasteiger partial charge in [-0.3, -0.25) is 4.90 Å². The van der Waals surface area contributed by atoms with Crippen LogP contribution in [-0.2, 0) is 17.7 Å². The second-order valence-electron chi connectivity index (χ2n) is 9.48. The topological polar surface area (TPSA) is 65.6 Å². The number of H-pyrrole nitrogens is 1. The Morgan fingerprint density at radius 2 is 2.12 bits per heavy atom. The van der Waals surface area contributed by atoms with E-state index in [0.29, 0.717) is 12.0 Å². The first-order chi connectivity index (χ1) is 16.0. The van der Waals surface area contributed by atoms with Crippen molar-refractivity contribution >= 4 is 16.9 Å². The number of benzene rings is 2. The van der Waals surface area contributed by atoms with E-state index >= 15 is 0 Å². The number of carbonyl (C=O) groups is 1. The van der Waals surface area contributed by atoms with Crippen LogP contribution in [-0.4, -0.2) is 39.7 Å². The largest absolute Gasteiger partial charge is 0.478 e. The smallest absolute Gasteiger partial charge is 0.335 e. The number of hydrogen-bond acceptors (Lipinski definition) is 3. The van der Waals surface area contributed by atoms with Crippen molar-refractivity contribution in [2.75, 3.05) is 13.2 Å². The molecule has 2 aliphatic heterocycles. The molecule has 0 aliphatic carbocycles. The third-order valence-electron chi connectivity index (χ3n) is 7.49. The third kappa shape index (κ3) is 4.06. The van der Waals surface area contributed by atoms with Gasteiger partial charge >= 0.3 is 5.97 Å². The number of fused-ring (bicyclic) bond motifs is 1. The van der Waals surface area contributed by atoms with Gasteiger partial charge in [0.15, 0.2) is 0 Å². The molecule has 0 radical (unpaired) electrons. The van der Waals surface area contributed by atoms with Gasteiger partial charge in [0.05, 0.1) is 11.2 Å². The highest BCUT2D eigenvalue weighted by Gasteiger charge is 2.43. The molecule has 5 heteroatoms. The molecule has 5 nitrogen and oxygen atoms in total. The van der Waals surface area contributed by atoms with E-state index in [1.807, 2.05) is 18.3 Å².